The van der Waals surface area contributed by atoms with Crippen molar-refractivity contribution in [2.45, 2.75) is 90.3 Å². The number of rotatable bonds is 12. The molecular weight excluding hydrogens is 332 g/mol. The van der Waals surface area contributed by atoms with Crippen LogP contribution in [0.3, 0.4) is 0 Å². The predicted molar refractivity (Wildman–Crippen MR) is 105 cm³/mol. The topological polar surface area (TPSA) is 44.8 Å². The summed E-state index contributed by atoms with van der Waals surface area (Å²) >= 11 is 0. The molecule has 1 aliphatic heterocycles. The van der Waals surface area contributed by atoms with Gasteiger partial charge in [0, 0.05) is 26.9 Å². The Hall–Kier alpha value is -0.653. The number of esters is 1. The molecule has 1 atom stereocenters. The molecule has 146 valence electrons. The summed E-state index contributed by atoms with van der Waals surface area (Å²) < 4.78 is 16.5. The first-order valence-electron chi connectivity index (χ1n) is 10.0. The highest BCUT2D eigenvalue weighted by Gasteiger charge is 2.20. The van der Waals surface area contributed by atoms with Gasteiger partial charge in [0.15, 0.2) is 6.29 Å². The lowest BCUT2D eigenvalue weighted by molar-refractivity contribution is -0.162. The lowest BCUT2D eigenvalue weighted by Gasteiger charge is -2.22. The zero-order valence-corrected chi connectivity index (χ0v) is 17.8. The van der Waals surface area contributed by atoms with Crippen molar-refractivity contribution in [2.24, 2.45) is 0 Å². The van der Waals surface area contributed by atoms with Crippen LogP contribution in [0.1, 0.15) is 58.3 Å². The standard InChI is InChI=1S/C20H38O4Si/c1-5-22-20(21)18(17-25(2,3)4)13-9-7-6-8-11-15-23-19-14-10-12-16-24-19/h13,19H,5-12,14-17H2,1-4H3/b18-13+. The van der Waals surface area contributed by atoms with E-state index >= 15 is 0 Å². The van der Waals surface area contributed by atoms with Crippen LogP contribution in [0, 0.1) is 0 Å². The third-order valence-corrected chi connectivity index (χ3v) is 5.63. The normalized spacial score (nSPS) is 19.0. The Morgan fingerprint density at radius 1 is 1.16 bits per heavy atom. The van der Waals surface area contributed by atoms with E-state index in [-0.39, 0.29) is 12.3 Å². The number of ether oxygens (including phenoxy) is 3. The summed E-state index contributed by atoms with van der Waals surface area (Å²) in [5.41, 5.74) is 0.888. The molecule has 0 aromatic rings. The van der Waals surface area contributed by atoms with Crippen molar-refractivity contribution < 1.29 is 19.0 Å². The molecule has 0 aromatic carbocycles. The highest BCUT2D eigenvalue weighted by Crippen LogP contribution is 2.19. The fourth-order valence-electron chi connectivity index (χ4n) is 2.96. The minimum absolute atomic E-state index is 0.0328. The Bertz CT molecular complexity index is 395. The molecule has 1 unspecified atom stereocenters. The second-order valence-electron chi connectivity index (χ2n) is 8.06. The van der Waals surface area contributed by atoms with Crippen LogP contribution in [0.2, 0.25) is 25.7 Å². The van der Waals surface area contributed by atoms with Gasteiger partial charge in [0.25, 0.3) is 0 Å². The quantitative estimate of drug-likeness (QED) is 0.202. The van der Waals surface area contributed by atoms with Gasteiger partial charge in [0.05, 0.1) is 6.61 Å². The van der Waals surface area contributed by atoms with Crippen molar-refractivity contribution in [1.82, 2.24) is 0 Å². The number of carbonyl (C=O) groups excluding carboxylic acids is 1. The third-order valence-electron chi connectivity index (χ3n) is 4.19. The maximum Gasteiger partial charge on any atom is 0.333 e. The van der Waals surface area contributed by atoms with Gasteiger partial charge in [-0.05, 0) is 51.5 Å². The second kappa shape index (κ2) is 12.7. The van der Waals surface area contributed by atoms with Crippen LogP contribution in [0.15, 0.2) is 11.6 Å². The zero-order chi connectivity index (χ0) is 18.5. The van der Waals surface area contributed by atoms with Gasteiger partial charge in [-0.25, -0.2) is 4.79 Å². The van der Waals surface area contributed by atoms with Crippen molar-refractivity contribution in [3.8, 4) is 0 Å². The molecule has 0 radical (unpaired) electrons. The molecule has 5 heteroatoms. The Kier molecular flexibility index (Phi) is 11.3. The highest BCUT2D eigenvalue weighted by atomic mass is 28.3. The van der Waals surface area contributed by atoms with E-state index in [1.807, 2.05) is 6.92 Å². The van der Waals surface area contributed by atoms with E-state index in [4.69, 9.17) is 14.2 Å². The van der Waals surface area contributed by atoms with E-state index in [9.17, 15) is 4.79 Å². The van der Waals surface area contributed by atoms with Crippen molar-refractivity contribution >= 4 is 14.0 Å². The van der Waals surface area contributed by atoms with Crippen LogP contribution in [-0.4, -0.2) is 40.2 Å². The Balaban J connectivity index is 2.16. The fraction of sp³-hybridized carbons (Fsp3) is 0.850. The van der Waals surface area contributed by atoms with Gasteiger partial charge in [-0.15, -0.1) is 0 Å². The summed E-state index contributed by atoms with van der Waals surface area (Å²) in [6, 6.07) is 0.904. The number of hydrogen-bond acceptors (Lipinski definition) is 4. The molecule has 0 aromatic heterocycles. The average Bonchev–Trinajstić information content (AvgIpc) is 2.56. The minimum Gasteiger partial charge on any atom is -0.463 e. The molecule has 1 rings (SSSR count). The molecule has 1 heterocycles. The fourth-order valence-corrected chi connectivity index (χ4v) is 4.39. The van der Waals surface area contributed by atoms with Crippen LogP contribution < -0.4 is 0 Å². The van der Waals surface area contributed by atoms with E-state index in [2.05, 4.69) is 25.7 Å². The van der Waals surface area contributed by atoms with E-state index in [1.165, 1.54) is 25.7 Å². The second-order valence-corrected chi connectivity index (χ2v) is 13.5. The Morgan fingerprint density at radius 2 is 1.92 bits per heavy atom. The van der Waals surface area contributed by atoms with E-state index in [0.29, 0.717) is 6.61 Å². The Morgan fingerprint density at radius 3 is 2.56 bits per heavy atom. The first-order valence-corrected chi connectivity index (χ1v) is 13.7. The molecule has 25 heavy (non-hydrogen) atoms. The molecule has 0 aliphatic carbocycles. The summed E-state index contributed by atoms with van der Waals surface area (Å²) in [4.78, 5) is 12.1. The molecule has 0 bridgehead atoms. The molecule has 0 saturated carbocycles. The van der Waals surface area contributed by atoms with E-state index in [1.54, 1.807) is 0 Å². The summed E-state index contributed by atoms with van der Waals surface area (Å²) in [5, 5.41) is 0. The smallest absolute Gasteiger partial charge is 0.333 e. The van der Waals surface area contributed by atoms with E-state index in [0.717, 1.165) is 50.5 Å². The summed E-state index contributed by atoms with van der Waals surface area (Å²) in [6.07, 6.45) is 11.1. The predicted octanol–water partition coefficient (Wildman–Crippen LogP) is 5.31. The van der Waals surface area contributed by atoms with Gasteiger partial charge in [-0.2, -0.15) is 0 Å². The van der Waals surface area contributed by atoms with E-state index < -0.39 is 8.07 Å². The molecule has 4 nitrogen and oxygen atoms in total. The molecule has 0 spiro atoms. The lowest BCUT2D eigenvalue weighted by atomic mass is 10.1. The summed E-state index contributed by atoms with van der Waals surface area (Å²) in [6.45, 7) is 10.8. The third kappa shape index (κ3) is 11.6. The monoisotopic (exact) mass is 370 g/mol. The SMILES string of the molecule is CCOC(=O)/C(=C/CCCCCCOC1CCCCO1)C[Si](C)(C)C. The average molecular weight is 371 g/mol. The van der Waals surface area contributed by atoms with Crippen molar-refractivity contribution in [2.75, 3.05) is 19.8 Å². The molecule has 1 saturated heterocycles. The van der Waals surface area contributed by atoms with Crippen LogP contribution in [0.5, 0.6) is 0 Å². The zero-order valence-electron chi connectivity index (χ0n) is 16.8. The minimum atomic E-state index is -1.31. The van der Waals surface area contributed by atoms with Gasteiger partial charge in [0.1, 0.15) is 0 Å². The van der Waals surface area contributed by atoms with Crippen LogP contribution in [0.25, 0.3) is 0 Å². The van der Waals surface area contributed by atoms with Gasteiger partial charge in [-0.3, -0.25) is 0 Å². The number of hydrogen-bond donors (Lipinski definition) is 0. The molecular formula is C20H38O4Si. The highest BCUT2D eigenvalue weighted by molar-refractivity contribution is 6.77. The molecule has 1 aliphatic rings. The van der Waals surface area contributed by atoms with Gasteiger partial charge in [0.2, 0.25) is 0 Å². The molecule has 0 N–H and O–H groups in total. The maximum absolute atomic E-state index is 12.1. The molecule has 1 fully saturated rings. The number of unbranched alkanes of at least 4 members (excludes halogenated alkanes) is 4. The van der Waals surface area contributed by atoms with Crippen molar-refractivity contribution in [3.63, 3.8) is 0 Å². The first-order chi connectivity index (χ1) is 11.9. The van der Waals surface area contributed by atoms with Gasteiger partial charge >= 0.3 is 5.97 Å². The van der Waals surface area contributed by atoms with Crippen molar-refractivity contribution in [3.05, 3.63) is 11.6 Å². The van der Waals surface area contributed by atoms with Crippen LogP contribution in [0.4, 0.5) is 0 Å². The molecule has 0 amide bonds. The van der Waals surface area contributed by atoms with Crippen LogP contribution >= 0.6 is 0 Å². The summed E-state index contributed by atoms with van der Waals surface area (Å²) in [5.74, 6) is -0.120. The van der Waals surface area contributed by atoms with Gasteiger partial charge in [-0.1, -0.05) is 38.6 Å². The van der Waals surface area contributed by atoms with Crippen molar-refractivity contribution in [1.29, 1.82) is 0 Å². The number of carbonyl (C=O) groups is 1. The first kappa shape index (κ1) is 22.4. The maximum atomic E-state index is 12.1. The van der Waals surface area contributed by atoms with Crippen LogP contribution in [-0.2, 0) is 19.0 Å². The van der Waals surface area contributed by atoms with Gasteiger partial charge < -0.3 is 14.2 Å². The Labute approximate surface area is 155 Å². The summed E-state index contributed by atoms with van der Waals surface area (Å²) in [7, 11) is -1.31. The number of allylic oxidation sites excluding steroid dienone is 1. The lowest BCUT2D eigenvalue weighted by Crippen LogP contribution is -2.23. The largest absolute Gasteiger partial charge is 0.463 e.